The summed E-state index contributed by atoms with van der Waals surface area (Å²) in [4.78, 5) is 30.2. The van der Waals surface area contributed by atoms with Crippen molar-refractivity contribution in [3.63, 3.8) is 0 Å². The number of hydrogen-bond donors (Lipinski definition) is 1. The molecule has 0 aliphatic carbocycles. The van der Waals surface area contributed by atoms with Crippen molar-refractivity contribution in [3.05, 3.63) is 95.6 Å². The van der Waals surface area contributed by atoms with Crippen LogP contribution in [0.4, 0.5) is 5.69 Å². The molecule has 1 heterocycles. The molecule has 5 heteroatoms. The molecule has 33 heavy (non-hydrogen) atoms. The molecule has 1 aromatic heterocycles. The number of nitrogens with zero attached hydrogens (tertiary/aromatic N) is 1. The van der Waals surface area contributed by atoms with Gasteiger partial charge < -0.3 is 10.1 Å². The first-order valence-corrected chi connectivity index (χ1v) is 11.1. The van der Waals surface area contributed by atoms with Crippen LogP contribution in [0, 0.1) is 0 Å². The van der Waals surface area contributed by atoms with E-state index in [1.807, 2.05) is 54.6 Å². The topological polar surface area (TPSA) is 68.3 Å². The summed E-state index contributed by atoms with van der Waals surface area (Å²) in [7, 11) is 0. The number of hydrogen-bond acceptors (Lipinski definition) is 4. The molecule has 4 aromatic rings. The SMILES string of the molecule is CCc1ccc2nc(-c3ccccc3)cc(C(=O)Nc3ccc(C(=O)OC(C)C)cc3)c2c1. The Hall–Kier alpha value is -3.99. The molecule has 166 valence electrons. The number of nitrogens with one attached hydrogen (secondary N) is 1. The third kappa shape index (κ3) is 5.09. The molecule has 0 atom stereocenters. The van der Waals surface area contributed by atoms with Gasteiger partial charge in [0.15, 0.2) is 0 Å². The van der Waals surface area contributed by atoms with E-state index in [4.69, 9.17) is 9.72 Å². The van der Waals surface area contributed by atoms with Crippen molar-refractivity contribution in [2.24, 2.45) is 0 Å². The minimum absolute atomic E-state index is 0.191. The minimum atomic E-state index is -0.386. The van der Waals surface area contributed by atoms with Crippen molar-refractivity contribution in [1.29, 1.82) is 0 Å². The molecule has 0 unspecified atom stereocenters. The van der Waals surface area contributed by atoms with Crippen LogP contribution in [0.5, 0.6) is 0 Å². The first-order chi connectivity index (χ1) is 15.9. The third-order valence-electron chi connectivity index (χ3n) is 5.32. The summed E-state index contributed by atoms with van der Waals surface area (Å²) in [6.07, 6.45) is 0.675. The predicted octanol–water partition coefficient (Wildman–Crippen LogP) is 6.28. The smallest absolute Gasteiger partial charge is 0.338 e. The number of amides is 1. The fourth-order valence-corrected chi connectivity index (χ4v) is 3.61. The summed E-state index contributed by atoms with van der Waals surface area (Å²) in [5.74, 6) is -0.618. The molecular weight excluding hydrogens is 412 g/mol. The molecule has 0 aliphatic heterocycles. The van der Waals surface area contributed by atoms with Gasteiger partial charge in [-0.25, -0.2) is 9.78 Å². The highest BCUT2D eigenvalue weighted by Gasteiger charge is 2.16. The fraction of sp³-hybridized carbons (Fsp3) is 0.179. The van der Waals surface area contributed by atoms with Gasteiger partial charge in [0.05, 0.1) is 28.4 Å². The van der Waals surface area contributed by atoms with E-state index in [9.17, 15) is 9.59 Å². The second-order valence-electron chi connectivity index (χ2n) is 8.11. The fourth-order valence-electron chi connectivity index (χ4n) is 3.61. The summed E-state index contributed by atoms with van der Waals surface area (Å²) in [6.45, 7) is 5.69. The molecule has 0 radical (unpaired) electrons. The van der Waals surface area contributed by atoms with Gasteiger partial charge in [0.2, 0.25) is 0 Å². The van der Waals surface area contributed by atoms with Crippen molar-refractivity contribution in [2.75, 3.05) is 5.32 Å². The monoisotopic (exact) mass is 438 g/mol. The molecule has 1 amide bonds. The number of aryl methyl sites for hydroxylation is 1. The van der Waals surface area contributed by atoms with Gasteiger partial charge >= 0.3 is 5.97 Å². The number of esters is 1. The van der Waals surface area contributed by atoms with Crippen LogP contribution >= 0.6 is 0 Å². The second kappa shape index (κ2) is 9.65. The number of fused-ring (bicyclic) bond motifs is 1. The molecule has 0 bridgehead atoms. The number of carbonyl (C=O) groups excluding carboxylic acids is 2. The lowest BCUT2D eigenvalue weighted by atomic mass is 10.0. The van der Waals surface area contributed by atoms with E-state index < -0.39 is 0 Å². The summed E-state index contributed by atoms with van der Waals surface area (Å²) in [6, 6.07) is 24.4. The zero-order chi connectivity index (χ0) is 23.4. The van der Waals surface area contributed by atoms with Crippen LogP contribution in [0.15, 0.2) is 78.9 Å². The van der Waals surface area contributed by atoms with Gasteiger partial charge in [-0.3, -0.25) is 4.79 Å². The van der Waals surface area contributed by atoms with Crippen LogP contribution in [-0.4, -0.2) is 23.0 Å². The van der Waals surface area contributed by atoms with E-state index in [-0.39, 0.29) is 18.0 Å². The highest BCUT2D eigenvalue weighted by molar-refractivity contribution is 6.13. The number of anilines is 1. The number of benzene rings is 3. The van der Waals surface area contributed by atoms with Crippen LogP contribution in [0.25, 0.3) is 22.2 Å². The number of pyridine rings is 1. The Morgan fingerprint density at radius 3 is 2.33 bits per heavy atom. The van der Waals surface area contributed by atoms with Crippen LogP contribution < -0.4 is 5.32 Å². The van der Waals surface area contributed by atoms with Crippen molar-refractivity contribution in [3.8, 4) is 11.3 Å². The number of ether oxygens (including phenoxy) is 1. The van der Waals surface area contributed by atoms with E-state index in [0.29, 0.717) is 16.8 Å². The first-order valence-electron chi connectivity index (χ1n) is 11.1. The highest BCUT2D eigenvalue weighted by atomic mass is 16.5. The summed E-state index contributed by atoms with van der Waals surface area (Å²) in [5, 5.41) is 3.76. The predicted molar refractivity (Wildman–Crippen MR) is 132 cm³/mol. The number of aromatic nitrogens is 1. The third-order valence-corrected chi connectivity index (χ3v) is 5.32. The van der Waals surface area contributed by atoms with Crippen LogP contribution in [0.2, 0.25) is 0 Å². The lowest BCUT2D eigenvalue weighted by Gasteiger charge is -2.12. The summed E-state index contributed by atoms with van der Waals surface area (Å²) >= 11 is 0. The van der Waals surface area contributed by atoms with Crippen LogP contribution in [-0.2, 0) is 11.2 Å². The minimum Gasteiger partial charge on any atom is -0.459 e. The Balaban J connectivity index is 1.68. The van der Waals surface area contributed by atoms with Crippen molar-refractivity contribution in [1.82, 2.24) is 4.98 Å². The van der Waals surface area contributed by atoms with E-state index in [1.54, 1.807) is 38.1 Å². The van der Waals surface area contributed by atoms with E-state index in [2.05, 4.69) is 12.2 Å². The molecule has 0 aliphatic rings. The molecule has 0 saturated carbocycles. The average molecular weight is 439 g/mol. The van der Waals surface area contributed by atoms with Crippen LogP contribution in [0.3, 0.4) is 0 Å². The summed E-state index contributed by atoms with van der Waals surface area (Å²) < 4.78 is 5.22. The molecular formula is C28H26N2O3. The Bertz CT molecular complexity index is 1300. The first kappa shape index (κ1) is 22.2. The zero-order valence-electron chi connectivity index (χ0n) is 19.0. The maximum atomic E-state index is 13.3. The van der Waals surface area contributed by atoms with E-state index >= 15 is 0 Å². The van der Waals surface area contributed by atoms with Crippen molar-refractivity contribution >= 4 is 28.5 Å². The van der Waals surface area contributed by atoms with Gasteiger partial charge in [0.1, 0.15) is 0 Å². The quantitative estimate of drug-likeness (QED) is 0.360. The van der Waals surface area contributed by atoms with Gasteiger partial charge in [-0.15, -0.1) is 0 Å². The van der Waals surface area contributed by atoms with Crippen LogP contribution in [0.1, 0.15) is 47.1 Å². The molecule has 4 rings (SSSR count). The second-order valence-corrected chi connectivity index (χ2v) is 8.11. The lowest BCUT2D eigenvalue weighted by molar-refractivity contribution is 0.0378. The normalized spacial score (nSPS) is 10.9. The Morgan fingerprint density at radius 2 is 1.67 bits per heavy atom. The Morgan fingerprint density at radius 1 is 0.939 bits per heavy atom. The standard InChI is InChI=1S/C28H26N2O3/c1-4-19-10-15-25-23(16-19)24(17-26(30-25)20-8-6-5-7-9-20)27(31)29-22-13-11-21(12-14-22)28(32)33-18(2)3/h5-18H,4H2,1-3H3,(H,29,31). The molecule has 5 nitrogen and oxygen atoms in total. The molecule has 1 N–H and O–H groups in total. The van der Waals surface area contributed by atoms with Crippen molar-refractivity contribution < 1.29 is 14.3 Å². The van der Waals surface area contributed by atoms with Gasteiger partial charge in [-0.1, -0.05) is 43.3 Å². The Labute approximate surface area is 193 Å². The molecule has 0 spiro atoms. The van der Waals surface area contributed by atoms with Gasteiger partial charge in [0.25, 0.3) is 5.91 Å². The summed E-state index contributed by atoms with van der Waals surface area (Å²) in [5.41, 5.74) is 5.18. The van der Waals surface area contributed by atoms with Gasteiger partial charge in [-0.05, 0) is 68.3 Å². The van der Waals surface area contributed by atoms with Gasteiger partial charge in [0, 0.05) is 16.6 Å². The lowest BCUT2D eigenvalue weighted by Crippen LogP contribution is -2.14. The molecule has 0 fully saturated rings. The maximum absolute atomic E-state index is 13.3. The number of rotatable bonds is 6. The molecule has 0 saturated heterocycles. The number of carbonyl (C=O) groups is 2. The average Bonchev–Trinajstić information content (AvgIpc) is 2.83. The van der Waals surface area contributed by atoms with Crippen molar-refractivity contribution in [2.45, 2.75) is 33.3 Å². The maximum Gasteiger partial charge on any atom is 0.338 e. The molecule has 3 aromatic carbocycles. The van der Waals surface area contributed by atoms with E-state index in [0.717, 1.165) is 34.1 Å². The zero-order valence-corrected chi connectivity index (χ0v) is 19.0. The largest absolute Gasteiger partial charge is 0.459 e. The Kier molecular flexibility index (Phi) is 6.50. The highest BCUT2D eigenvalue weighted by Crippen LogP contribution is 2.27. The van der Waals surface area contributed by atoms with E-state index in [1.165, 1.54) is 0 Å². The van der Waals surface area contributed by atoms with Gasteiger partial charge in [-0.2, -0.15) is 0 Å².